The van der Waals surface area contributed by atoms with E-state index in [2.05, 4.69) is 16.8 Å². The Balaban J connectivity index is 1.85. The van der Waals surface area contributed by atoms with Gasteiger partial charge in [0.15, 0.2) is 0 Å². The first kappa shape index (κ1) is 10.1. The molecule has 1 aromatic rings. The monoisotopic (exact) mass is 212 g/mol. The van der Waals surface area contributed by atoms with E-state index in [0.717, 1.165) is 32.5 Å². The fraction of sp³-hybridized carbons (Fsp3) is 0.636. The Hall–Kier alpha value is -0.380. The van der Waals surface area contributed by atoms with Crippen LogP contribution in [0.4, 0.5) is 0 Å². The quantitative estimate of drug-likeness (QED) is 0.831. The number of hydrogen-bond donors (Lipinski definition) is 1. The molecule has 2 rings (SSSR count). The third-order valence-electron chi connectivity index (χ3n) is 2.76. The molecule has 2 heterocycles. The Kier molecular flexibility index (Phi) is 3.56. The third kappa shape index (κ3) is 2.56. The smallest absolute Gasteiger partial charge is 0.0630 e. The summed E-state index contributed by atoms with van der Waals surface area (Å²) in [6.07, 6.45) is 2.73. The molecular formula is C11H16O2S. The maximum Gasteiger partial charge on any atom is 0.0630 e. The normalized spacial score (nSPS) is 24.8. The van der Waals surface area contributed by atoms with Crippen molar-refractivity contribution in [2.24, 2.45) is 5.92 Å². The van der Waals surface area contributed by atoms with Crippen LogP contribution in [0.5, 0.6) is 0 Å². The van der Waals surface area contributed by atoms with Crippen LogP contribution in [0.1, 0.15) is 18.4 Å². The Morgan fingerprint density at radius 3 is 3.21 bits per heavy atom. The summed E-state index contributed by atoms with van der Waals surface area (Å²) in [5.74, 6) is 0.337. The summed E-state index contributed by atoms with van der Waals surface area (Å²) in [7, 11) is 0. The zero-order valence-electron chi connectivity index (χ0n) is 8.19. The summed E-state index contributed by atoms with van der Waals surface area (Å²) in [5.41, 5.74) is 1.24. The van der Waals surface area contributed by atoms with Crippen LogP contribution in [0, 0.1) is 5.92 Å². The molecule has 78 valence electrons. The first-order valence-electron chi connectivity index (χ1n) is 5.13. The minimum Gasteiger partial charge on any atom is -0.392 e. The summed E-state index contributed by atoms with van der Waals surface area (Å²) in [6, 6.07) is 2.08. The molecule has 0 amide bonds. The van der Waals surface area contributed by atoms with Gasteiger partial charge in [0.05, 0.1) is 12.7 Å². The van der Waals surface area contributed by atoms with Crippen LogP contribution in [0.2, 0.25) is 0 Å². The number of hydrogen-bond acceptors (Lipinski definition) is 3. The molecule has 2 nitrogen and oxygen atoms in total. The van der Waals surface area contributed by atoms with E-state index >= 15 is 0 Å². The van der Waals surface area contributed by atoms with Crippen molar-refractivity contribution in [1.29, 1.82) is 0 Å². The fourth-order valence-electron chi connectivity index (χ4n) is 1.89. The topological polar surface area (TPSA) is 29.5 Å². The van der Waals surface area contributed by atoms with Crippen molar-refractivity contribution in [2.75, 3.05) is 13.2 Å². The molecule has 2 atom stereocenters. The number of ether oxygens (including phenoxy) is 1. The summed E-state index contributed by atoms with van der Waals surface area (Å²) in [6.45, 7) is 1.59. The van der Waals surface area contributed by atoms with Gasteiger partial charge in [-0.15, -0.1) is 0 Å². The van der Waals surface area contributed by atoms with Crippen LogP contribution in [-0.2, 0) is 11.2 Å². The second kappa shape index (κ2) is 4.91. The molecule has 1 aliphatic heterocycles. The average molecular weight is 212 g/mol. The van der Waals surface area contributed by atoms with Crippen molar-refractivity contribution in [3.8, 4) is 0 Å². The average Bonchev–Trinajstić information content (AvgIpc) is 2.72. The predicted octanol–water partition coefficient (Wildman–Crippen LogP) is 2.08. The molecule has 0 aromatic carbocycles. The van der Waals surface area contributed by atoms with Crippen molar-refractivity contribution in [2.45, 2.75) is 25.4 Å². The van der Waals surface area contributed by atoms with Crippen molar-refractivity contribution in [1.82, 2.24) is 0 Å². The highest BCUT2D eigenvalue weighted by Crippen LogP contribution is 2.20. The van der Waals surface area contributed by atoms with Gasteiger partial charge in [0.2, 0.25) is 0 Å². The van der Waals surface area contributed by atoms with Gasteiger partial charge in [0, 0.05) is 12.5 Å². The van der Waals surface area contributed by atoms with Gasteiger partial charge in [0.25, 0.3) is 0 Å². The highest BCUT2D eigenvalue weighted by Gasteiger charge is 2.22. The molecule has 3 heteroatoms. The van der Waals surface area contributed by atoms with Crippen LogP contribution in [0.25, 0.3) is 0 Å². The van der Waals surface area contributed by atoms with E-state index in [1.165, 1.54) is 5.56 Å². The molecule has 1 aromatic heterocycles. The number of aliphatic hydroxyl groups is 1. The van der Waals surface area contributed by atoms with Crippen molar-refractivity contribution in [3.05, 3.63) is 22.4 Å². The molecular weight excluding hydrogens is 196 g/mol. The molecule has 1 fully saturated rings. The van der Waals surface area contributed by atoms with Gasteiger partial charge in [-0.1, -0.05) is 0 Å². The molecule has 0 spiro atoms. The molecule has 0 radical (unpaired) electrons. The lowest BCUT2D eigenvalue weighted by molar-refractivity contribution is -0.00843. The van der Waals surface area contributed by atoms with Crippen molar-refractivity contribution < 1.29 is 9.84 Å². The second-order valence-corrected chi connectivity index (χ2v) is 4.66. The van der Waals surface area contributed by atoms with Gasteiger partial charge in [-0.2, -0.15) is 11.3 Å². The van der Waals surface area contributed by atoms with Gasteiger partial charge in [-0.25, -0.2) is 0 Å². The van der Waals surface area contributed by atoms with Crippen LogP contribution in [-0.4, -0.2) is 24.4 Å². The maximum atomic E-state index is 9.97. The Morgan fingerprint density at radius 2 is 2.57 bits per heavy atom. The lowest BCUT2D eigenvalue weighted by Gasteiger charge is -2.26. The summed E-state index contributed by atoms with van der Waals surface area (Å²) in [4.78, 5) is 0. The van der Waals surface area contributed by atoms with Gasteiger partial charge < -0.3 is 9.84 Å². The molecule has 0 bridgehead atoms. The van der Waals surface area contributed by atoms with Gasteiger partial charge in [-0.3, -0.25) is 0 Å². The van der Waals surface area contributed by atoms with Crippen LogP contribution in [0.15, 0.2) is 16.8 Å². The summed E-state index contributed by atoms with van der Waals surface area (Å²) < 4.78 is 5.37. The van der Waals surface area contributed by atoms with Crippen molar-refractivity contribution >= 4 is 11.3 Å². The minimum atomic E-state index is -0.232. The van der Waals surface area contributed by atoms with E-state index in [-0.39, 0.29) is 6.10 Å². The standard InChI is InChI=1S/C11H16O2S/c12-11(6-9-3-5-14-8-9)10-2-1-4-13-7-10/h3,5,8,10-12H,1-2,4,6-7H2. The fourth-order valence-corrected chi connectivity index (χ4v) is 2.57. The van der Waals surface area contributed by atoms with E-state index in [9.17, 15) is 5.11 Å². The molecule has 1 N–H and O–H groups in total. The van der Waals surface area contributed by atoms with Gasteiger partial charge in [0.1, 0.15) is 0 Å². The molecule has 0 saturated carbocycles. The number of thiophene rings is 1. The highest BCUT2D eigenvalue weighted by molar-refractivity contribution is 7.07. The molecule has 1 saturated heterocycles. The predicted molar refractivity (Wildman–Crippen MR) is 57.6 cm³/mol. The van der Waals surface area contributed by atoms with E-state index in [1.54, 1.807) is 11.3 Å². The SMILES string of the molecule is OC(Cc1ccsc1)C1CCCOC1. The lowest BCUT2D eigenvalue weighted by Crippen LogP contribution is -2.30. The van der Waals surface area contributed by atoms with Crippen LogP contribution < -0.4 is 0 Å². The van der Waals surface area contributed by atoms with E-state index < -0.39 is 0 Å². The van der Waals surface area contributed by atoms with E-state index in [0.29, 0.717) is 5.92 Å². The maximum absolute atomic E-state index is 9.97. The zero-order valence-corrected chi connectivity index (χ0v) is 9.00. The van der Waals surface area contributed by atoms with Crippen LogP contribution >= 0.6 is 11.3 Å². The summed E-state index contributed by atoms with van der Waals surface area (Å²) >= 11 is 1.69. The Labute approximate surface area is 88.5 Å². The van der Waals surface area contributed by atoms with E-state index in [1.807, 2.05) is 0 Å². The van der Waals surface area contributed by atoms with Crippen molar-refractivity contribution in [3.63, 3.8) is 0 Å². The molecule has 0 aliphatic carbocycles. The highest BCUT2D eigenvalue weighted by atomic mass is 32.1. The molecule has 1 aliphatic rings. The largest absolute Gasteiger partial charge is 0.392 e. The second-order valence-electron chi connectivity index (χ2n) is 3.88. The Morgan fingerprint density at radius 1 is 1.64 bits per heavy atom. The molecule has 2 unspecified atom stereocenters. The third-order valence-corrected chi connectivity index (χ3v) is 3.50. The Bertz CT molecular complexity index is 252. The summed E-state index contributed by atoms with van der Waals surface area (Å²) in [5, 5.41) is 14.1. The van der Waals surface area contributed by atoms with Gasteiger partial charge >= 0.3 is 0 Å². The van der Waals surface area contributed by atoms with Crippen LogP contribution in [0.3, 0.4) is 0 Å². The minimum absolute atomic E-state index is 0.232. The lowest BCUT2D eigenvalue weighted by atomic mass is 9.92. The number of aliphatic hydroxyl groups excluding tert-OH is 1. The first-order valence-corrected chi connectivity index (χ1v) is 6.07. The first-order chi connectivity index (χ1) is 6.86. The van der Waals surface area contributed by atoms with Gasteiger partial charge in [-0.05, 0) is 41.7 Å². The number of rotatable bonds is 3. The molecule has 14 heavy (non-hydrogen) atoms. The van der Waals surface area contributed by atoms with E-state index in [4.69, 9.17) is 4.74 Å². The zero-order chi connectivity index (χ0) is 9.80.